The molecule has 14 N–H and O–H groups in total. The average Bonchev–Trinajstić information content (AvgIpc) is 3.54. The van der Waals surface area contributed by atoms with Gasteiger partial charge < -0.3 is 78.2 Å². The van der Waals surface area contributed by atoms with Crippen molar-refractivity contribution in [1.82, 2.24) is 51.7 Å². The summed E-state index contributed by atoms with van der Waals surface area (Å²) >= 11 is 1.60. The van der Waals surface area contributed by atoms with E-state index in [1.165, 1.54) is 14.0 Å². The molecule has 3 aliphatic rings. The normalized spacial score (nSPS) is 23.4. The van der Waals surface area contributed by atoms with Gasteiger partial charge in [0.15, 0.2) is 0 Å². The van der Waals surface area contributed by atoms with Gasteiger partial charge in [-0.05, 0) is 49.3 Å². The number of carbonyl (C=O) groups excluding carboxylic acids is 10. The van der Waals surface area contributed by atoms with Crippen LogP contribution in [0.15, 0.2) is 17.2 Å². The molecule has 0 saturated carbocycles. The smallest absolute Gasteiger partial charge is 0.246 e. The van der Waals surface area contributed by atoms with Crippen LogP contribution in [0.25, 0.3) is 10.9 Å². The summed E-state index contributed by atoms with van der Waals surface area (Å²) in [5.41, 5.74) is 12.7. The van der Waals surface area contributed by atoms with E-state index in [0.717, 1.165) is 24.2 Å². The van der Waals surface area contributed by atoms with E-state index in [-0.39, 0.29) is 34.1 Å². The van der Waals surface area contributed by atoms with Crippen LogP contribution in [0.3, 0.4) is 0 Å². The van der Waals surface area contributed by atoms with Gasteiger partial charge in [0.25, 0.3) is 0 Å². The second-order valence-electron chi connectivity index (χ2n) is 22.0. The van der Waals surface area contributed by atoms with Gasteiger partial charge in [0, 0.05) is 87.3 Å². The number of aromatic amines is 1. The molecule has 28 nitrogen and oxygen atoms in total. The predicted molar refractivity (Wildman–Crippen MR) is 313 cm³/mol. The monoisotopic (exact) mass is 1230 g/mol. The van der Waals surface area contributed by atoms with Gasteiger partial charge in [0.1, 0.15) is 47.0 Å². The lowest BCUT2D eigenvalue weighted by molar-refractivity contribution is -0.144. The molecular weight excluding hydrogens is 1150 g/mol. The van der Waals surface area contributed by atoms with Crippen LogP contribution in [-0.2, 0) is 75.8 Å². The number of thioether (sulfide) groups is 1. The number of methoxy groups -OCH3 is 1. The summed E-state index contributed by atoms with van der Waals surface area (Å²) in [7, 11) is 2.64. The number of benzene rings is 1. The third-order valence-corrected chi connectivity index (χ3v) is 18.4. The fraction of sp³-hybridized carbons (Fsp3) is 0.673. The van der Waals surface area contributed by atoms with Crippen molar-refractivity contribution in [2.75, 3.05) is 66.4 Å². The second-order valence-corrected chi connectivity index (χ2v) is 24.7. The number of fused-ring (bicyclic) bond motifs is 4. The molecule has 0 spiro atoms. The number of aliphatic hydroxyl groups is 3. The Morgan fingerprint density at radius 2 is 1.66 bits per heavy atom. The lowest BCUT2D eigenvalue weighted by atomic mass is 9.93. The molecule has 2 saturated heterocycles. The molecule has 0 aliphatic carbocycles. The van der Waals surface area contributed by atoms with E-state index in [2.05, 4.69) is 36.9 Å². The number of carbonyl (C=O) groups is 10. The Hall–Kier alpha value is -6.44. The maximum Gasteiger partial charge on any atom is 0.246 e. The largest absolute Gasteiger partial charge is 0.496 e. The number of H-pyrrole nitrogens is 1. The molecule has 5 rings (SSSR count). The highest BCUT2D eigenvalue weighted by atomic mass is 32.2. The zero-order chi connectivity index (χ0) is 62.8. The molecule has 4 heterocycles. The van der Waals surface area contributed by atoms with Crippen LogP contribution in [0.1, 0.15) is 103 Å². The van der Waals surface area contributed by atoms with Gasteiger partial charge in [-0.1, -0.05) is 40.5 Å². The van der Waals surface area contributed by atoms with Crippen molar-refractivity contribution in [2.24, 2.45) is 23.3 Å². The van der Waals surface area contributed by atoms with E-state index >= 15 is 4.21 Å². The minimum Gasteiger partial charge on any atom is -0.496 e. The van der Waals surface area contributed by atoms with E-state index in [1.54, 1.807) is 49.7 Å². The second kappa shape index (κ2) is 32.9. The number of nitrogens with two attached hydrogens (primary N) is 2. The van der Waals surface area contributed by atoms with Crippen molar-refractivity contribution in [3.05, 3.63) is 23.3 Å². The Morgan fingerprint density at radius 3 is 2.28 bits per heavy atom. The highest BCUT2D eigenvalue weighted by Gasteiger charge is 2.45. The summed E-state index contributed by atoms with van der Waals surface area (Å²) in [4.78, 5) is 149. The van der Waals surface area contributed by atoms with Gasteiger partial charge >= 0.3 is 0 Å². The van der Waals surface area contributed by atoms with E-state index in [0.29, 0.717) is 73.3 Å². The van der Waals surface area contributed by atoms with E-state index in [4.69, 9.17) is 21.0 Å². The summed E-state index contributed by atoms with van der Waals surface area (Å²) in [6.07, 6.45) is -0.0266. The standard InChI is InChI=1S/C55H86N12O16S2/c1-8-29(3)46(62-43(72)9-2)52(78)58-24-44(73)59-38-28-85(81)54-34(33-14-15-41(82-7)35(48(33)64-54)27-84-32-16-18-66(19-17-32)45(74)13-11-10-12-20-83-65(5)6)22-36(49(57)75)60-53(79)47(30(4)40(70)26-68)63-51(77)39-21-31(69)25-67(39)55(80)37(23-42(56)71)61-50(38)76/h14-15,29-32,36-40,46-47,64,68-70H,8-13,16-28H2,1-7H3,(H2,56,71)(H2,57,75)(H,58,78)(H,59,73)(H,60,79)(H,61,76)(H,62,72)(H,63,77)/t29-,30-,31+,36-,37-,38-,39-,40-,46-,47-,85?/m0/s1. The van der Waals surface area contributed by atoms with Gasteiger partial charge in [-0.25, -0.2) is 0 Å². The third-order valence-electron chi connectivity index (χ3n) is 15.6. The Labute approximate surface area is 500 Å². The van der Waals surface area contributed by atoms with Crippen molar-refractivity contribution in [3.63, 3.8) is 0 Å². The van der Waals surface area contributed by atoms with Crippen LogP contribution in [0.2, 0.25) is 0 Å². The Balaban J connectivity index is 1.58. The number of aromatic nitrogens is 1. The summed E-state index contributed by atoms with van der Waals surface area (Å²) in [5, 5.41) is 48.7. The topological polar surface area (TPSA) is 417 Å². The van der Waals surface area contributed by atoms with Crippen LogP contribution in [0, 0.1) is 11.8 Å². The number of ether oxygens (including phenoxy) is 1. The van der Waals surface area contributed by atoms with Gasteiger partial charge in [-0.15, -0.1) is 0 Å². The molecule has 2 aromatic rings. The van der Waals surface area contributed by atoms with Crippen molar-refractivity contribution < 1.29 is 77.0 Å². The summed E-state index contributed by atoms with van der Waals surface area (Å²) < 4.78 is 21.2. The Kier molecular flexibility index (Phi) is 26.8. The molecule has 0 bridgehead atoms. The van der Waals surface area contributed by atoms with E-state index in [9.17, 15) is 63.3 Å². The van der Waals surface area contributed by atoms with Gasteiger partial charge in [-0.3, -0.25) is 57.0 Å². The number of amides is 10. The van der Waals surface area contributed by atoms with Crippen molar-refractivity contribution in [3.8, 4) is 5.75 Å². The molecule has 1 unspecified atom stereocenters. The maximum absolute atomic E-state index is 15.3. The molecular formula is C55H86N12O16S2. The molecule has 3 aliphatic heterocycles. The Bertz CT molecular complexity index is 2740. The van der Waals surface area contributed by atoms with Crippen molar-refractivity contribution in [1.29, 1.82) is 0 Å². The number of primary amides is 2. The van der Waals surface area contributed by atoms with Crippen LogP contribution in [-0.4, -0.2) is 219 Å². The lowest BCUT2D eigenvalue weighted by Crippen LogP contribution is -2.61. The number of aliphatic hydroxyl groups excluding tert-OH is 3. The minimum atomic E-state index is -2.44. The molecule has 11 atom stereocenters. The highest BCUT2D eigenvalue weighted by molar-refractivity contribution is 7.99. The number of likely N-dealkylation sites (tertiary alicyclic amines) is 1. The van der Waals surface area contributed by atoms with Crippen LogP contribution in [0.4, 0.5) is 0 Å². The predicted octanol–water partition coefficient (Wildman–Crippen LogP) is -2.57. The molecule has 2 fully saturated rings. The summed E-state index contributed by atoms with van der Waals surface area (Å²) in [5.74, 6) is -10.5. The minimum absolute atomic E-state index is 0.0689. The first-order valence-electron chi connectivity index (χ1n) is 28.7. The zero-order valence-electron chi connectivity index (χ0n) is 49.4. The number of rotatable bonds is 25. The molecule has 85 heavy (non-hydrogen) atoms. The number of unbranched alkanes of at least 4 members (excludes halogenated alkanes) is 2. The first kappa shape index (κ1) is 69.3. The molecule has 30 heteroatoms. The molecule has 1 aromatic heterocycles. The van der Waals surface area contributed by atoms with Gasteiger partial charge in [0.2, 0.25) is 59.1 Å². The van der Waals surface area contributed by atoms with Gasteiger partial charge in [0.05, 0.1) is 67.6 Å². The van der Waals surface area contributed by atoms with Crippen molar-refractivity contribution >= 4 is 92.5 Å². The molecule has 474 valence electrons. The fourth-order valence-electron chi connectivity index (χ4n) is 10.4. The van der Waals surface area contributed by atoms with Crippen LogP contribution >= 0.6 is 11.8 Å². The zero-order valence-corrected chi connectivity index (χ0v) is 51.0. The average molecular weight is 1240 g/mol. The van der Waals surface area contributed by atoms with E-state index in [1.807, 2.05) is 19.0 Å². The molecule has 0 radical (unpaired) electrons. The number of hydrogen-bond acceptors (Lipinski definition) is 18. The molecule has 1 aromatic carbocycles. The summed E-state index contributed by atoms with van der Waals surface area (Å²) in [6.45, 7) is 5.95. The molecule has 10 amide bonds. The van der Waals surface area contributed by atoms with Crippen LogP contribution < -0.4 is 48.1 Å². The SMILES string of the molecule is CCC(=O)N[C@H](C(=O)NCC(=O)N[C@H]1CS(=O)c2[nH]c3c(CSC4CCN(C(=O)CCCCCON(C)C)CC4)c(OC)ccc3c2C[C@@H](C(N)=O)NC(=O)[C@H]([C@@H](C)[C@@H](O)CO)NC(=O)[C@@H]2C[C@@H](O)CN2C(=O)[C@H](CC(N)=O)NC1=O)[C@@H](C)CC. The number of piperidine rings is 1. The fourth-order valence-corrected chi connectivity index (χ4v) is 13.0. The maximum atomic E-state index is 15.3. The Morgan fingerprint density at radius 1 is 0.953 bits per heavy atom. The number of nitrogens with zero attached hydrogens (tertiary/aromatic N) is 3. The van der Waals surface area contributed by atoms with E-state index < -0.39 is 163 Å². The summed E-state index contributed by atoms with van der Waals surface area (Å²) in [6, 6.07) is -6.51. The number of hydrogen-bond donors (Lipinski definition) is 12. The third kappa shape index (κ3) is 19.3. The number of hydroxylamine groups is 2. The lowest BCUT2D eigenvalue weighted by Gasteiger charge is -2.32. The first-order chi connectivity index (χ1) is 40.3. The highest BCUT2D eigenvalue weighted by Crippen LogP contribution is 2.38. The quantitative estimate of drug-likeness (QED) is 0.0359. The van der Waals surface area contributed by atoms with Crippen LogP contribution in [0.5, 0.6) is 5.75 Å². The van der Waals surface area contributed by atoms with Gasteiger partial charge in [-0.2, -0.15) is 16.8 Å². The van der Waals surface area contributed by atoms with Crippen molar-refractivity contribution in [2.45, 2.75) is 163 Å². The first-order valence-corrected chi connectivity index (χ1v) is 31.1. The number of nitrogens with one attached hydrogen (secondary N) is 7.